The molecular weight excluding hydrogens is 604 g/mol. The van der Waals surface area contributed by atoms with Crippen LogP contribution in [0.2, 0.25) is 5.02 Å². The van der Waals surface area contributed by atoms with Gasteiger partial charge in [0.1, 0.15) is 18.0 Å². The van der Waals surface area contributed by atoms with Gasteiger partial charge in [-0.1, -0.05) is 66.2 Å². The molecule has 1 saturated heterocycles. The number of likely N-dealkylation sites (tertiary alicyclic amines) is 1. The molecule has 1 aromatic heterocycles. The highest BCUT2D eigenvalue weighted by Crippen LogP contribution is 2.34. The molecule has 2 heterocycles. The number of carbonyl (C=O) groups excluding carboxylic acids is 3. The molecule has 0 unspecified atom stereocenters. The van der Waals surface area contributed by atoms with E-state index in [9.17, 15) is 14.4 Å². The number of rotatable bonds is 9. The van der Waals surface area contributed by atoms with Crippen LogP contribution in [0, 0.1) is 0 Å². The lowest BCUT2D eigenvalue weighted by atomic mass is 9.84. The van der Waals surface area contributed by atoms with Crippen LogP contribution >= 0.6 is 11.6 Å². The summed E-state index contributed by atoms with van der Waals surface area (Å²) in [5, 5.41) is 14.7. The van der Waals surface area contributed by atoms with Crippen LogP contribution in [0.4, 0.5) is 4.79 Å². The second kappa shape index (κ2) is 14.2. The molecule has 1 aliphatic heterocycles. The number of amides is 2. The number of benzene rings is 3. The zero-order valence-corrected chi connectivity index (χ0v) is 27.3. The van der Waals surface area contributed by atoms with E-state index in [2.05, 4.69) is 57.2 Å². The van der Waals surface area contributed by atoms with E-state index in [-0.39, 0.29) is 24.0 Å². The molecule has 5 rings (SSSR count). The summed E-state index contributed by atoms with van der Waals surface area (Å²) in [5.41, 5.74) is 4.15. The SMILES string of the molecule is C[C@H](NC(=O)[C@H]1C[C@@H](c2ccc(-c3ccccc3)cc2)CCN1C(=O)OC(C)(C)C)C(=O)CCc1cc(Cl)ccc1-n1cnnn1. The van der Waals surface area contributed by atoms with E-state index in [0.29, 0.717) is 30.8 Å². The van der Waals surface area contributed by atoms with Crippen molar-refractivity contribution in [1.29, 1.82) is 0 Å². The molecule has 0 spiro atoms. The van der Waals surface area contributed by atoms with E-state index >= 15 is 0 Å². The summed E-state index contributed by atoms with van der Waals surface area (Å²) >= 11 is 6.24. The first-order valence-corrected chi connectivity index (χ1v) is 15.9. The number of ether oxygens (including phenoxy) is 1. The highest BCUT2D eigenvalue weighted by Gasteiger charge is 2.39. The Kier molecular flexibility index (Phi) is 10.2. The Hall–Kier alpha value is -4.57. The van der Waals surface area contributed by atoms with Crippen molar-refractivity contribution in [2.24, 2.45) is 0 Å². The van der Waals surface area contributed by atoms with E-state index in [0.717, 1.165) is 27.9 Å². The predicted molar refractivity (Wildman–Crippen MR) is 176 cm³/mol. The predicted octanol–water partition coefficient (Wildman–Crippen LogP) is 6.17. The first kappa shape index (κ1) is 32.8. The first-order valence-electron chi connectivity index (χ1n) is 15.5. The number of ketones is 1. The van der Waals surface area contributed by atoms with Crippen molar-refractivity contribution in [3.63, 3.8) is 0 Å². The minimum Gasteiger partial charge on any atom is -0.444 e. The van der Waals surface area contributed by atoms with Crippen LogP contribution < -0.4 is 5.32 Å². The molecule has 10 nitrogen and oxygen atoms in total. The third kappa shape index (κ3) is 8.17. The largest absolute Gasteiger partial charge is 0.444 e. The van der Waals surface area contributed by atoms with Gasteiger partial charge in [0.25, 0.3) is 0 Å². The number of hydrogen-bond donors (Lipinski definition) is 1. The topological polar surface area (TPSA) is 119 Å². The Morgan fingerprint density at radius 1 is 1.02 bits per heavy atom. The van der Waals surface area contributed by atoms with Gasteiger partial charge in [0, 0.05) is 18.0 Å². The fourth-order valence-electron chi connectivity index (χ4n) is 5.75. The van der Waals surface area contributed by atoms with Gasteiger partial charge >= 0.3 is 6.09 Å². The van der Waals surface area contributed by atoms with E-state index in [1.165, 1.54) is 15.9 Å². The van der Waals surface area contributed by atoms with Crippen LogP contribution in [0.25, 0.3) is 16.8 Å². The van der Waals surface area contributed by atoms with Crippen LogP contribution in [0.15, 0.2) is 79.1 Å². The number of carbonyl (C=O) groups is 3. The minimum absolute atomic E-state index is 0.0535. The molecule has 11 heteroatoms. The zero-order chi connectivity index (χ0) is 32.8. The Morgan fingerprint density at radius 2 is 1.74 bits per heavy atom. The van der Waals surface area contributed by atoms with Gasteiger partial charge in [-0.05, 0) is 104 Å². The maximum atomic E-state index is 13.8. The summed E-state index contributed by atoms with van der Waals surface area (Å²) < 4.78 is 7.18. The van der Waals surface area contributed by atoms with Gasteiger partial charge in [-0.25, -0.2) is 9.48 Å². The molecule has 3 aromatic carbocycles. The number of halogens is 1. The number of tetrazole rings is 1. The maximum absolute atomic E-state index is 13.8. The molecule has 2 amide bonds. The normalized spacial score (nSPS) is 17.3. The van der Waals surface area contributed by atoms with E-state index in [1.807, 2.05) is 18.2 Å². The standard InChI is InChI=1S/C35H39ClN6O4/c1-23(32(43)17-14-28-20-29(36)15-16-30(28)42-22-37-39-40-42)38-33(44)31-21-27(18-19-41(31)34(45)46-35(2,3)4)26-12-10-25(11-13-26)24-8-6-5-7-9-24/h5-13,15-16,20,22-23,27,31H,14,17-19,21H2,1-4H3,(H,38,44)/t23-,27-,31+/m0/s1. The van der Waals surface area contributed by atoms with Gasteiger partial charge in [0.15, 0.2) is 5.78 Å². The number of hydrogen-bond acceptors (Lipinski definition) is 7. The average molecular weight is 643 g/mol. The summed E-state index contributed by atoms with van der Waals surface area (Å²) in [6, 6.07) is 22.3. The third-order valence-electron chi connectivity index (χ3n) is 8.14. The van der Waals surface area contributed by atoms with E-state index in [4.69, 9.17) is 16.3 Å². The molecule has 1 N–H and O–H groups in total. The lowest BCUT2D eigenvalue weighted by Gasteiger charge is -2.39. The number of piperidine rings is 1. The lowest BCUT2D eigenvalue weighted by molar-refractivity contribution is -0.131. The molecule has 0 aliphatic carbocycles. The number of nitrogens with zero attached hydrogens (tertiary/aromatic N) is 5. The van der Waals surface area contributed by atoms with E-state index < -0.39 is 23.8 Å². The highest BCUT2D eigenvalue weighted by molar-refractivity contribution is 6.30. The van der Waals surface area contributed by atoms with Crippen molar-refractivity contribution < 1.29 is 19.1 Å². The van der Waals surface area contributed by atoms with Crippen LogP contribution in [0.1, 0.15) is 64.0 Å². The summed E-state index contributed by atoms with van der Waals surface area (Å²) in [4.78, 5) is 41.8. The van der Waals surface area contributed by atoms with Crippen molar-refractivity contribution in [3.05, 3.63) is 95.3 Å². The van der Waals surface area contributed by atoms with Gasteiger partial charge < -0.3 is 10.1 Å². The Balaban J connectivity index is 1.28. The maximum Gasteiger partial charge on any atom is 0.410 e. The van der Waals surface area contributed by atoms with Crippen molar-refractivity contribution >= 4 is 29.4 Å². The molecule has 4 aromatic rings. The van der Waals surface area contributed by atoms with Crippen LogP contribution in [-0.4, -0.2) is 67.1 Å². The summed E-state index contributed by atoms with van der Waals surface area (Å²) in [6.45, 7) is 7.42. The molecule has 0 radical (unpaired) electrons. The zero-order valence-electron chi connectivity index (χ0n) is 26.5. The van der Waals surface area contributed by atoms with Crippen molar-refractivity contribution in [3.8, 4) is 16.8 Å². The molecular formula is C35H39ClN6O4. The molecule has 46 heavy (non-hydrogen) atoms. The molecule has 0 saturated carbocycles. The minimum atomic E-state index is -0.794. The highest BCUT2D eigenvalue weighted by atomic mass is 35.5. The smallest absolute Gasteiger partial charge is 0.410 e. The summed E-state index contributed by atoms with van der Waals surface area (Å²) in [5.74, 6) is -0.476. The average Bonchev–Trinajstić information content (AvgIpc) is 3.58. The van der Waals surface area contributed by atoms with Crippen molar-refractivity contribution in [1.82, 2.24) is 30.4 Å². The number of aromatic nitrogens is 4. The van der Waals surface area contributed by atoms with Gasteiger partial charge in [0.05, 0.1) is 11.7 Å². The summed E-state index contributed by atoms with van der Waals surface area (Å²) in [6.07, 6.45) is 2.57. The fourth-order valence-corrected chi connectivity index (χ4v) is 5.94. The summed E-state index contributed by atoms with van der Waals surface area (Å²) in [7, 11) is 0. The number of nitrogens with one attached hydrogen (secondary N) is 1. The fraction of sp³-hybridized carbons (Fsp3) is 0.371. The van der Waals surface area contributed by atoms with Crippen LogP contribution in [-0.2, 0) is 20.7 Å². The number of aryl methyl sites for hydroxylation is 1. The second-order valence-corrected chi connectivity index (χ2v) is 13.1. The van der Waals surface area contributed by atoms with Crippen molar-refractivity contribution in [2.45, 2.75) is 77.0 Å². The first-order chi connectivity index (χ1) is 22.0. The quantitative estimate of drug-likeness (QED) is 0.232. The van der Waals surface area contributed by atoms with Crippen molar-refractivity contribution in [2.75, 3.05) is 6.54 Å². The Morgan fingerprint density at radius 3 is 2.41 bits per heavy atom. The Bertz CT molecular complexity index is 1650. The molecule has 0 bridgehead atoms. The second-order valence-electron chi connectivity index (χ2n) is 12.6. The molecule has 240 valence electrons. The third-order valence-corrected chi connectivity index (χ3v) is 8.38. The molecule has 3 atom stereocenters. The lowest BCUT2D eigenvalue weighted by Crippen LogP contribution is -2.56. The number of Topliss-reactive ketones (excluding diaryl/α,β-unsaturated/α-hetero) is 1. The van der Waals surface area contributed by atoms with Gasteiger partial charge in [-0.3, -0.25) is 14.5 Å². The molecule has 1 aliphatic rings. The van der Waals surface area contributed by atoms with Gasteiger partial charge in [-0.15, -0.1) is 5.10 Å². The molecule has 1 fully saturated rings. The van der Waals surface area contributed by atoms with E-state index in [1.54, 1.807) is 45.9 Å². The monoisotopic (exact) mass is 642 g/mol. The van der Waals surface area contributed by atoms with Gasteiger partial charge in [0.2, 0.25) is 5.91 Å². The van der Waals surface area contributed by atoms with Crippen LogP contribution in [0.3, 0.4) is 0 Å². The van der Waals surface area contributed by atoms with Gasteiger partial charge in [-0.2, -0.15) is 0 Å². The Labute approximate surface area is 274 Å². The van der Waals surface area contributed by atoms with Crippen LogP contribution in [0.5, 0.6) is 0 Å².